The molecule has 22 heavy (non-hydrogen) atoms. The molecule has 124 valence electrons. The van der Waals surface area contributed by atoms with E-state index in [1.807, 2.05) is 9.80 Å². The SMILES string of the molecule is O=C([C@H]1CCCC[C@H]1C(=O)N1CCCCC1)N1CCCCC1. The van der Waals surface area contributed by atoms with Gasteiger partial charge in [-0.05, 0) is 51.4 Å². The van der Waals surface area contributed by atoms with Gasteiger partial charge in [-0.2, -0.15) is 0 Å². The third kappa shape index (κ3) is 3.47. The summed E-state index contributed by atoms with van der Waals surface area (Å²) in [4.78, 5) is 29.9. The van der Waals surface area contributed by atoms with Crippen LogP contribution in [0.1, 0.15) is 64.2 Å². The van der Waals surface area contributed by atoms with E-state index in [9.17, 15) is 9.59 Å². The molecule has 0 aromatic rings. The van der Waals surface area contributed by atoms with Crippen molar-refractivity contribution in [3.8, 4) is 0 Å². The van der Waals surface area contributed by atoms with Crippen LogP contribution < -0.4 is 0 Å². The first-order valence-corrected chi connectivity index (χ1v) is 9.35. The average molecular weight is 306 g/mol. The summed E-state index contributed by atoms with van der Waals surface area (Å²) in [5.41, 5.74) is 0. The van der Waals surface area contributed by atoms with Crippen molar-refractivity contribution in [2.45, 2.75) is 64.2 Å². The Labute approximate surface area is 134 Å². The van der Waals surface area contributed by atoms with Crippen molar-refractivity contribution in [3.63, 3.8) is 0 Å². The molecule has 2 aliphatic heterocycles. The second-order valence-electron chi connectivity index (χ2n) is 7.27. The summed E-state index contributed by atoms with van der Waals surface area (Å²) in [6.07, 6.45) is 11.0. The van der Waals surface area contributed by atoms with E-state index < -0.39 is 0 Å². The van der Waals surface area contributed by atoms with Gasteiger partial charge in [0, 0.05) is 38.0 Å². The molecule has 4 nitrogen and oxygen atoms in total. The number of rotatable bonds is 2. The van der Waals surface area contributed by atoms with Crippen LogP contribution in [0, 0.1) is 11.8 Å². The van der Waals surface area contributed by atoms with E-state index in [0.29, 0.717) is 0 Å². The first kappa shape index (κ1) is 15.8. The summed E-state index contributed by atoms with van der Waals surface area (Å²) in [6, 6.07) is 0. The summed E-state index contributed by atoms with van der Waals surface area (Å²) in [5, 5.41) is 0. The Morgan fingerprint density at radius 2 is 0.909 bits per heavy atom. The smallest absolute Gasteiger partial charge is 0.226 e. The Kier molecular flexibility index (Phi) is 5.37. The standard InChI is InChI=1S/C18H30N2O2/c21-17(19-11-5-1-6-12-19)15-9-3-4-10-16(15)18(22)20-13-7-2-8-14-20/h15-16H,1-14H2/t15-,16+. The van der Waals surface area contributed by atoms with Crippen molar-refractivity contribution in [1.82, 2.24) is 9.80 Å². The van der Waals surface area contributed by atoms with Crippen LogP contribution in [-0.4, -0.2) is 47.8 Å². The molecule has 2 saturated heterocycles. The Bertz CT molecular complexity index is 360. The molecule has 0 aromatic heterocycles. The zero-order chi connectivity index (χ0) is 15.4. The lowest BCUT2D eigenvalue weighted by Gasteiger charge is -2.38. The minimum Gasteiger partial charge on any atom is -0.342 e. The highest BCUT2D eigenvalue weighted by molar-refractivity contribution is 5.88. The van der Waals surface area contributed by atoms with Gasteiger partial charge in [-0.1, -0.05) is 12.8 Å². The molecule has 3 rings (SSSR count). The van der Waals surface area contributed by atoms with Gasteiger partial charge in [0.1, 0.15) is 0 Å². The van der Waals surface area contributed by atoms with Gasteiger partial charge in [0.05, 0.1) is 0 Å². The van der Waals surface area contributed by atoms with Crippen LogP contribution in [-0.2, 0) is 9.59 Å². The van der Waals surface area contributed by atoms with Crippen LogP contribution in [0.5, 0.6) is 0 Å². The highest BCUT2D eigenvalue weighted by Crippen LogP contribution is 2.34. The first-order valence-electron chi connectivity index (χ1n) is 9.35. The van der Waals surface area contributed by atoms with E-state index in [1.54, 1.807) is 0 Å². The fourth-order valence-corrected chi connectivity index (χ4v) is 4.42. The van der Waals surface area contributed by atoms with Gasteiger partial charge in [0.15, 0.2) is 0 Å². The molecule has 0 N–H and O–H groups in total. The van der Waals surface area contributed by atoms with E-state index in [-0.39, 0.29) is 23.7 Å². The number of piperidine rings is 2. The van der Waals surface area contributed by atoms with Crippen molar-refractivity contribution in [2.24, 2.45) is 11.8 Å². The number of nitrogens with zero attached hydrogens (tertiary/aromatic N) is 2. The molecule has 3 aliphatic rings. The van der Waals surface area contributed by atoms with Gasteiger partial charge in [-0.3, -0.25) is 9.59 Å². The highest BCUT2D eigenvalue weighted by Gasteiger charge is 2.39. The molecule has 4 heteroatoms. The maximum atomic E-state index is 12.9. The molecule has 3 fully saturated rings. The molecule has 2 atom stereocenters. The number of hydrogen-bond acceptors (Lipinski definition) is 2. The molecule has 0 aromatic carbocycles. The number of likely N-dealkylation sites (tertiary alicyclic amines) is 2. The monoisotopic (exact) mass is 306 g/mol. The number of carbonyl (C=O) groups is 2. The van der Waals surface area contributed by atoms with Gasteiger partial charge in [-0.15, -0.1) is 0 Å². The third-order valence-corrected chi connectivity index (χ3v) is 5.74. The van der Waals surface area contributed by atoms with E-state index in [2.05, 4.69) is 0 Å². The second kappa shape index (κ2) is 7.47. The molecule has 2 heterocycles. The lowest BCUT2D eigenvalue weighted by atomic mass is 9.77. The zero-order valence-electron chi connectivity index (χ0n) is 13.8. The number of hydrogen-bond donors (Lipinski definition) is 0. The topological polar surface area (TPSA) is 40.6 Å². The summed E-state index contributed by atoms with van der Waals surface area (Å²) in [5.74, 6) is 0.465. The maximum absolute atomic E-state index is 12.9. The Balaban J connectivity index is 1.67. The van der Waals surface area contributed by atoms with Crippen LogP contribution in [0.2, 0.25) is 0 Å². The van der Waals surface area contributed by atoms with E-state index in [1.165, 1.54) is 12.8 Å². The number of amides is 2. The van der Waals surface area contributed by atoms with Crippen LogP contribution in [0.3, 0.4) is 0 Å². The molecule has 2 amide bonds. The van der Waals surface area contributed by atoms with Gasteiger partial charge >= 0.3 is 0 Å². The quantitative estimate of drug-likeness (QED) is 0.787. The fraction of sp³-hybridized carbons (Fsp3) is 0.889. The Morgan fingerprint density at radius 3 is 1.27 bits per heavy atom. The van der Waals surface area contributed by atoms with Crippen LogP contribution in [0.15, 0.2) is 0 Å². The average Bonchev–Trinajstić information content (AvgIpc) is 2.62. The van der Waals surface area contributed by atoms with Crippen molar-refractivity contribution in [2.75, 3.05) is 26.2 Å². The summed E-state index contributed by atoms with van der Waals surface area (Å²) >= 11 is 0. The Morgan fingerprint density at radius 1 is 0.545 bits per heavy atom. The Hall–Kier alpha value is -1.06. The molecule has 0 unspecified atom stereocenters. The predicted molar refractivity (Wildman–Crippen MR) is 86.3 cm³/mol. The van der Waals surface area contributed by atoms with E-state index in [0.717, 1.165) is 77.5 Å². The lowest BCUT2D eigenvalue weighted by Crippen LogP contribution is -2.48. The van der Waals surface area contributed by atoms with Crippen LogP contribution >= 0.6 is 0 Å². The largest absolute Gasteiger partial charge is 0.342 e. The molecule has 1 aliphatic carbocycles. The molecular weight excluding hydrogens is 276 g/mol. The normalized spacial score (nSPS) is 30.2. The van der Waals surface area contributed by atoms with Gasteiger partial charge < -0.3 is 9.80 Å². The third-order valence-electron chi connectivity index (χ3n) is 5.74. The van der Waals surface area contributed by atoms with Gasteiger partial charge in [0.25, 0.3) is 0 Å². The zero-order valence-corrected chi connectivity index (χ0v) is 13.8. The molecule has 0 bridgehead atoms. The predicted octanol–water partition coefficient (Wildman–Crippen LogP) is 2.82. The fourth-order valence-electron chi connectivity index (χ4n) is 4.42. The first-order chi connectivity index (χ1) is 10.8. The molecule has 0 spiro atoms. The van der Waals surface area contributed by atoms with E-state index >= 15 is 0 Å². The van der Waals surface area contributed by atoms with Crippen LogP contribution in [0.4, 0.5) is 0 Å². The molecule has 1 saturated carbocycles. The van der Waals surface area contributed by atoms with Crippen molar-refractivity contribution < 1.29 is 9.59 Å². The second-order valence-corrected chi connectivity index (χ2v) is 7.27. The van der Waals surface area contributed by atoms with Gasteiger partial charge in [-0.25, -0.2) is 0 Å². The van der Waals surface area contributed by atoms with Gasteiger partial charge in [0.2, 0.25) is 11.8 Å². The minimum atomic E-state index is -0.0405. The van der Waals surface area contributed by atoms with Crippen molar-refractivity contribution in [3.05, 3.63) is 0 Å². The molecule has 0 radical (unpaired) electrons. The highest BCUT2D eigenvalue weighted by atomic mass is 16.2. The van der Waals surface area contributed by atoms with Crippen molar-refractivity contribution >= 4 is 11.8 Å². The number of carbonyl (C=O) groups excluding carboxylic acids is 2. The summed E-state index contributed by atoms with van der Waals surface area (Å²) in [6.45, 7) is 3.61. The summed E-state index contributed by atoms with van der Waals surface area (Å²) in [7, 11) is 0. The lowest BCUT2D eigenvalue weighted by molar-refractivity contribution is -0.149. The van der Waals surface area contributed by atoms with E-state index in [4.69, 9.17) is 0 Å². The summed E-state index contributed by atoms with van der Waals surface area (Å²) < 4.78 is 0. The maximum Gasteiger partial charge on any atom is 0.226 e. The van der Waals surface area contributed by atoms with Crippen molar-refractivity contribution in [1.29, 1.82) is 0 Å². The van der Waals surface area contributed by atoms with Crippen LogP contribution in [0.25, 0.3) is 0 Å². The minimum absolute atomic E-state index is 0.0405. The molecular formula is C18H30N2O2.